The van der Waals surface area contributed by atoms with Crippen LogP contribution in [0.4, 0.5) is 0 Å². The zero-order valence-electron chi connectivity index (χ0n) is 16.9. The van der Waals surface area contributed by atoms with Crippen molar-refractivity contribution >= 4 is 11.6 Å². The lowest BCUT2D eigenvalue weighted by Crippen LogP contribution is -2.43. The molecule has 0 amide bonds. The summed E-state index contributed by atoms with van der Waals surface area (Å²) >= 11 is 0. The Labute approximate surface area is 165 Å². The molecule has 0 unspecified atom stereocenters. The molecule has 2 aromatic heterocycles. The van der Waals surface area contributed by atoms with Crippen LogP contribution in [0.25, 0.3) is 5.65 Å². The van der Waals surface area contributed by atoms with Crippen molar-refractivity contribution in [1.82, 2.24) is 25.2 Å². The summed E-state index contributed by atoms with van der Waals surface area (Å²) in [5.74, 6) is 2.43. The van der Waals surface area contributed by atoms with E-state index in [2.05, 4.69) is 58.7 Å². The Morgan fingerprint density at radius 3 is 2.79 bits per heavy atom. The number of rotatable bonds is 7. The molecular formula is C21H28N6O. The van der Waals surface area contributed by atoms with Crippen LogP contribution in [0.15, 0.2) is 53.7 Å². The van der Waals surface area contributed by atoms with Crippen molar-refractivity contribution < 1.29 is 4.74 Å². The first-order valence-corrected chi connectivity index (χ1v) is 9.49. The molecule has 0 aliphatic carbocycles. The third-order valence-corrected chi connectivity index (χ3v) is 4.66. The number of aromatic nitrogens is 3. The summed E-state index contributed by atoms with van der Waals surface area (Å²) in [6.45, 7) is 8.41. The molecule has 0 aliphatic heterocycles. The number of guanidine groups is 1. The average Bonchev–Trinajstić information content (AvgIpc) is 3.13. The first-order valence-electron chi connectivity index (χ1n) is 9.49. The third kappa shape index (κ3) is 4.60. The first kappa shape index (κ1) is 19.7. The minimum Gasteiger partial charge on any atom is -0.497 e. The molecule has 0 aliphatic rings. The van der Waals surface area contributed by atoms with Gasteiger partial charge in [0, 0.05) is 24.7 Å². The molecule has 3 aromatic rings. The summed E-state index contributed by atoms with van der Waals surface area (Å²) in [7, 11) is 1.69. The predicted molar refractivity (Wildman–Crippen MR) is 112 cm³/mol. The lowest BCUT2D eigenvalue weighted by Gasteiger charge is -2.27. The molecule has 7 heteroatoms. The van der Waals surface area contributed by atoms with Crippen molar-refractivity contribution in [2.75, 3.05) is 20.2 Å². The second-order valence-corrected chi connectivity index (χ2v) is 7.21. The maximum absolute atomic E-state index is 5.36. The van der Waals surface area contributed by atoms with E-state index in [1.54, 1.807) is 7.11 Å². The summed E-state index contributed by atoms with van der Waals surface area (Å²) in [4.78, 5) is 4.68. The normalized spacial score (nSPS) is 12.2. The number of nitrogens with one attached hydrogen (secondary N) is 2. The molecule has 3 rings (SSSR count). The van der Waals surface area contributed by atoms with Crippen molar-refractivity contribution in [3.8, 4) is 5.75 Å². The molecule has 2 heterocycles. The largest absolute Gasteiger partial charge is 0.497 e. The Balaban J connectivity index is 1.70. The van der Waals surface area contributed by atoms with Gasteiger partial charge in [-0.1, -0.05) is 32.0 Å². The van der Waals surface area contributed by atoms with E-state index in [-0.39, 0.29) is 5.41 Å². The number of nitrogens with zero attached hydrogens (tertiary/aromatic N) is 4. The van der Waals surface area contributed by atoms with Gasteiger partial charge in [0.25, 0.3) is 0 Å². The Morgan fingerprint density at radius 2 is 2.00 bits per heavy atom. The summed E-state index contributed by atoms with van der Waals surface area (Å²) in [5.41, 5.74) is 1.94. The van der Waals surface area contributed by atoms with Gasteiger partial charge in [0.1, 0.15) is 12.3 Å². The highest BCUT2D eigenvalue weighted by atomic mass is 16.5. The number of ether oxygens (including phenoxy) is 1. The molecule has 0 saturated carbocycles. The van der Waals surface area contributed by atoms with Crippen LogP contribution in [-0.2, 0) is 12.0 Å². The van der Waals surface area contributed by atoms with Crippen molar-refractivity contribution in [3.63, 3.8) is 0 Å². The molecule has 0 saturated heterocycles. The molecule has 148 valence electrons. The highest BCUT2D eigenvalue weighted by Crippen LogP contribution is 2.25. The van der Waals surface area contributed by atoms with Crippen molar-refractivity contribution in [2.24, 2.45) is 4.99 Å². The maximum atomic E-state index is 5.36. The van der Waals surface area contributed by atoms with Gasteiger partial charge in [0.05, 0.1) is 7.11 Å². The third-order valence-electron chi connectivity index (χ3n) is 4.66. The van der Waals surface area contributed by atoms with Gasteiger partial charge in [-0.05, 0) is 36.8 Å². The highest BCUT2D eigenvalue weighted by Gasteiger charge is 2.21. The number of hydrogen-bond donors (Lipinski definition) is 2. The Hall–Kier alpha value is -3.09. The fourth-order valence-electron chi connectivity index (χ4n) is 2.94. The molecule has 1 aromatic carbocycles. The van der Waals surface area contributed by atoms with Crippen molar-refractivity contribution in [3.05, 3.63) is 60.0 Å². The van der Waals surface area contributed by atoms with Gasteiger partial charge in [0.15, 0.2) is 17.4 Å². The Kier molecular flexibility index (Phi) is 6.13. The topological polar surface area (TPSA) is 75.8 Å². The summed E-state index contributed by atoms with van der Waals surface area (Å²) in [6.07, 6.45) is 1.95. The molecule has 28 heavy (non-hydrogen) atoms. The van der Waals surface area contributed by atoms with E-state index in [9.17, 15) is 0 Å². The lowest BCUT2D eigenvalue weighted by atomic mass is 9.84. The number of aliphatic imine (C=N–C) groups is 1. The van der Waals surface area contributed by atoms with E-state index in [0.717, 1.165) is 36.3 Å². The van der Waals surface area contributed by atoms with Crippen LogP contribution in [0.1, 0.15) is 32.2 Å². The highest BCUT2D eigenvalue weighted by molar-refractivity contribution is 5.79. The SMILES string of the molecule is CCNC(=NCc1nnc2ccccn12)NCC(C)(C)c1cccc(OC)c1. The van der Waals surface area contributed by atoms with Crippen LogP contribution < -0.4 is 15.4 Å². The van der Waals surface area contributed by atoms with Crippen molar-refractivity contribution in [2.45, 2.75) is 32.7 Å². The standard InChI is InChI=1S/C21H28N6O/c1-5-22-20(23-14-19-26-25-18-11-6-7-12-27(18)19)24-15-21(2,3)16-9-8-10-17(13-16)28-4/h6-13H,5,14-15H2,1-4H3,(H2,22,23,24). The minimum atomic E-state index is -0.0910. The van der Waals surface area contributed by atoms with Crippen LogP contribution in [0.5, 0.6) is 5.75 Å². The Bertz CT molecular complexity index is 947. The molecule has 2 N–H and O–H groups in total. The fourth-order valence-corrected chi connectivity index (χ4v) is 2.94. The van der Waals surface area contributed by atoms with Crippen LogP contribution in [0.3, 0.4) is 0 Å². The zero-order chi connectivity index (χ0) is 20.0. The van der Waals surface area contributed by atoms with E-state index in [4.69, 9.17) is 4.74 Å². The summed E-state index contributed by atoms with van der Waals surface area (Å²) in [6, 6.07) is 14.0. The van der Waals surface area contributed by atoms with Gasteiger partial charge >= 0.3 is 0 Å². The molecule has 0 fully saturated rings. The van der Waals surface area contributed by atoms with Crippen LogP contribution >= 0.6 is 0 Å². The van der Waals surface area contributed by atoms with Gasteiger partial charge in [-0.15, -0.1) is 10.2 Å². The Morgan fingerprint density at radius 1 is 1.14 bits per heavy atom. The van der Waals surface area contributed by atoms with E-state index >= 15 is 0 Å². The number of fused-ring (bicyclic) bond motifs is 1. The second-order valence-electron chi connectivity index (χ2n) is 7.21. The second kappa shape index (κ2) is 8.73. The molecule has 0 atom stereocenters. The molecule has 0 spiro atoms. The monoisotopic (exact) mass is 380 g/mol. The van der Waals surface area contributed by atoms with E-state index in [1.807, 2.05) is 40.9 Å². The van der Waals surface area contributed by atoms with Crippen LogP contribution in [0, 0.1) is 0 Å². The average molecular weight is 380 g/mol. The summed E-state index contributed by atoms with van der Waals surface area (Å²) < 4.78 is 7.31. The number of hydrogen-bond acceptors (Lipinski definition) is 4. The smallest absolute Gasteiger partial charge is 0.191 e. The zero-order valence-corrected chi connectivity index (χ0v) is 16.9. The molecule has 7 nitrogen and oxygen atoms in total. The van der Waals surface area contributed by atoms with Gasteiger partial charge in [-0.25, -0.2) is 4.99 Å². The maximum Gasteiger partial charge on any atom is 0.191 e. The van der Waals surface area contributed by atoms with Gasteiger partial charge in [-0.2, -0.15) is 0 Å². The minimum absolute atomic E-state index is 0.0910. The van der Waals surface area contributed by atoms with Crippen LogP contribution in [0.2, 0.25) is 0 Å². The molecule has 0 bridgehead atoms. The summed E-state index contributed by atoms with van der Waals surface area (Å²) in [5, 5.41) is 15.2. The fraction of sp³-hybridized carbons (Fsp3) is 0.381. The number of pyridine rings is 1. The predicted octanol–water partition coefficient (Wildman–Crippen LogP) is 2.77. The van der Waals surface area contributed by atoms with E-state index in [0.29, 0.717) is 6.54 Å². The number of methoxy groups -OCH3 is 1. The molecular weight excluding hydrogens is 352 g/mol. The van der Waals surface area contributed by atoms with Gasteiger partial charge in [0.2, 0.25) is 0 Å². The molecule has 0 radical (unpaired) electrons. The quantitative estimate of drug-likeness (QED) is 0.487. The van der Waals surface area contributed by atoms with Gasteiger partial charge < -0.3 is 15.4 Å². The number of benzene rings is 1. The lowest BCUT2D eigenvalue weighted by molar-refractivity contribution is 0.411. The van der Waals surface area contributed by atoms with Crippen molar-refractivity contribution in [1.29, 1.82) is 0 Å². The van der Waals surface area contributed by atoms with Crippen LogP contribution in [-0.4, -0.2) is 40.8 Å². The van der Waals surface area contributed by atoms with E-state index < -0.39 is 0 Å². The first-order chi connectivity index (χ1) is 13.5. The van der Waals surface area contributed by atoms with Gasteiger partial charge in [-0.3, -0.25) is 4.40 Å². The van der Waals surface area contributed by atoms with E-state index in [1.165, 1.54) is 5.56 Å².